The number of Topliss-reactive ketones (excluding diaryl/α,β-unsaturated/α-hetero) is 1. The number of carbonyl (C=O) groups excluding carboxylic acids is 4. The van der Waals surface area contributed by atoms with Gasteiger partial charge in [-0.1, -0.05) is 107 Å². The van der Waals surface area contributed by atoms with Crippen molar-refractivity contribution in [3.05, 3.63) is 114 Å². The summed E-state index contributed by atoms with van der Waals surface area (Å²) in [6, 6.07) is 21.4. The number of allylic oxidation sites excluding steroid dienone is 2. The van der Waals surface area contributed by atoms with Crippen LogP contribution in [-0.2, 0) is 23.9 Å². The van der Waals surface area contributed by atoms with Gasteiger partial charge in [0.1, 0.15) is 12.3 Å². The maximum atomic E-state index is 15.3. The Bertz CT molecular complexity index is 2210. The topological polar surface area (TPSA) is 105 Å². The molecule has 1 aromatic heterocycles. The number of esters is 2. The van der Waals surface area contributed by atoms with Gasteiger partial charge in [-0.05, 0) is 135 Å². The van der Waals surface area contributed by atoms with Gasteiger partial charge in [-0.15, -0.1) is 0 Å². The van der Waals surface area contributed by atoms with Crippen LogP contribution in [0.15, 0.2) is 91.0 Å². The third-order valence-electron chi connectivity index (χ3n) is 17.5. The van der Waals surface area contributed by atoms with E-state index >= 15 is 4.79 Å². The van der Waals surface area contributed by atoms with E-state index in [0.717, 1.165) is 61.8 Å². The summed E-state index contributed by atoms with van der Waals surface area (Å²) < 4.78 is 14.4. The number of nitrogens with zero attached hydrogens (tertiary/aromatic N) is 2. The smallest absolute Gasteiger partial charge is 0.314 e. The Morgan fingerprint density at radius 3 is 2.10 bits per heavy atom. The third kappa shape index (κ3) is 6.23. The summed E-state index contributed by atoms with van der Waals surface area (Å²) in [6.45, 7) is 20.9. The minimum Gasteiger partial charge on any atom is -0.461 e. The molecule has 5 aliphatic rings. The highest BCUT2D eigenvalue weighted by Crippen LogP contribution is 2.76. The molecule has 4 saturated carbocycles. The Labute approximate surface area is 356 Å². The Morgan fingerprint density at radius 1 is 0.867 bits per heavy atom. The second-order valence-corrected chi connectivity index (χ2v) is 20.8. The van der Waals surface area contributed by atoms with Crippen molar-refractivity contribution in [2.24, 2.45) is 50.2 Å². The Balaban J connectivity index is 1.14. The standard InChI is InChI=1S/C52H64N2O6/c1-10-29-59-46(58)52(9)41-21-24-51(8)44(49(41,6)23-22-42(52)54-33(2)30-39(53-54)34(3)55)40(56)31-37-38-32-48(5,26-25-47(38,4)27-28-50(37,51)7)45(57)60-43(35-17-13-11-14-18-35)36-19-15-12-16-20-36/h10-20,30-31,38,41-44H,1,21-29,32H2,2-9H3/t38-,41+,42-,44+,47+,48-,49-,50+,51+,52-/m0/s1. The second-order valence-electron chi connectivity index (χ2n) is 20.8. The zero-order valence-electron chi connectivity index (χ0n) is 37.0. The largest absolute Gasteiger partial charge is 0.461 e. The van der Waals surface area contributed by atoms with Crippen molar-refractivity contribution >= 4 is 23.5 Å². The molecule has 0 unspecified atom stereocenters. The van der Waals surface area contributed by atoms with Crippen LogP contribution in [0.3, 0.4) is 0 Å². The van der Waals surface area contributed by atoms with Crippen LogP contribution >= 0.6 is 0 Å². The number of fused-ring (bicyclic) bond motifs is 7. The quantitative estimate of drug-likeness (QED) is 0.120. The van der Waals surface area contributed by atoms with Crippen molar-refractivity contribution in [2.75, 3.05) is 6.61 Å². The van der Waals surface area contributed by atoms with E-state index in [4.69, 9.17) is 14.6 Å². The summed E-state index contributed by atoms with van der Waals surface area (Å²) in [5.41, 5.74) is 1.37. The van der Waals surface area contributed by atoms with Crippen molar-refractivity contribution in [3.63, 3.8) is 0 Å². The van der Waals surface area contributed by atoms with Crippen molar-refractivity contribution in [3.8, 4) is 0 Å². The first-order valence-electron chi connectivity index (χ1n) is 22.3. The number of hydrogen-bond donors (Lipinski definition) is 0. The molecule has 0 spiro atoms. The van der Waals surface area contributed by atoms with Gasteiger partial charge in [0.2, 0.25) is 0 Å². The van der Waals surface area contributed by atoms with Crippen LogP contribution in [0.25, 0.3) is 0 Å². The van der Waals surface area contributed by atoms with E-state index < -0.39 is 22.3 Å². The van der Waals surface area contributed by atoms with Crippen molar-refractivity contribution in [1.82, 2.24) is 9.78 Å². The van der Waals surface area contributed by atoms with E-state index in [-0.39, 0.29) is 70.2 Å². The molecule has 8 heteroatoms. The summed E-state index contributed by atoms with van der Waals surface area (Å²) in [6.07, 6.45) is 10.2. The van der Waals surface area contributed by atoms with Gasteiger partial charge in [0.05, 0.1) is 16.9 Å². The predicted molar refractivity (Wildman–Crippen MR) is 232 cm³/mol. The van der Waals surface area contributed by atoms with Crippen LogP contribution in [0.4, 0.5) is 0 Å². The average Bonchev–Trinajstić information content (AvgIpc) is 3.62. The van der Waals surface area contributed by atoms with E-state index in [1.165, 1.54) is 12.5 Å². The van der Waals surface area contributed by atoms with Crippen molar-refractivity contribution in [2.45, 2.75) is 125 Å². The van der Waals surface area contributed by atoms with Gasteiger partial charge in [0.25, 0.3) is 0 Å². The molecule has 0 aliphatic heterocycles. The molecule has 3 aromatic rings. The SMILES string of the molecule is C=CCOC(=O)[C@]1(C)[C@@H](n2nc(C(C)=O)cc2C)CC[C@@]2(C)[C@H]1CC[C@]1(C)[C@@H]2C(=O)C=C2[C@@H]3C[C@@](C)(C(=O)OC(c4ccccc4)c4ccccc4)CC[C@]3(C)CC[C@]21C. The van der Waals surface area contributed by atoms with Crippen LogP contribution in [0.2, 0.25) is 0 Å². The molecule has 5 aliphatic carbocycles. The lowest BCUT2D eigenvalue weighted by atomic mass is 9.33. The predicted octanol–water partition coefficient (Wildman–Crippen LogP) is 11.0. The number of carbonyl (C=O) groups is 4. The van der Waals surface area contributed by atoms with E-state index in [1.54, 1.807) is 12.1 Å². The maximum Gasteiger partial charge on any atom is 0.314 e. The van der Waals surface area contributed by atoms with E-state index in [0.29, 0.717) is 18.5 Å². The van der Waals surface area contributed by atoms with Crippen molar-refractivity contribution < 1.29 is 28.7 Å². The van der Waals surface area contributed by atoms with E-state index in [9.17, 15) is 14.4 Å². The van der Waals surface area contributed by atoms with E-state index in [1.807, 2.05) is 85.3 Å². The molecule has 1 heterocycles. The molecule has 8 rings (SSSR count). The molecule has 10 atom stereocenters. The lowest BCUT2D eigenvalue weighted by Crippen LogP contribution is -2.67. The van der Waals surface area contributed by atoms with Gasteiger partial charge in [-0.25, -0.2) is 0 Å². The molecule has 4 fully saturated rings. The molecule has 0 N–H and O–H groups in total. The molecule has 2 aromatic carbocycles. The summed E-state index contributed by atoms with van der Waals surface area (Å²) in [7, 11) is 0. The fraction of sp³-hybridized carbons (Fsp3) is 0.558. The first-order chi connectivity index (χ1) is 28.4. The number of hydrogen-bond acceptors (Lipinski definition) is 7. The number of aryl methyl sites for hydroxylation is 1. The van der Waals surface area contributed by atoms with E-state index in [2.05, 4.69) is 41.2 Å². The first-order valence-corrected chi connectivity index (χ1v) is 22.3. The number of benzene rings is 2. The normalized spacial score (nSPS) is 37.1. The second kappa shape index (κ2) is 14.8. The summed E-state index contributed by atoms with van der Waals surface area (Å²) in [4.78, 5) is 57.0. The lowest BCUT2D eigenvalue weighted by molar-refractivity contribution is -0.208. The number of ether oxygens (including phenoxy) is 2. The van der Waals surface area contributed by atoms with Gasteiger partial charge in [-0.2, -0.15) is 5.10 Å². The highest BCUT2D eigenvalue weighted by molar-refractivity contribution is 5.96. The molecule has 318 valence electrons. The maximum absolute atomic E-state index is 15.3. The monoisotopic (exact) mass is 812 g/mol. The van der Waals surface area contributed by atoms with Crippen LogP contribution in [-0.4, -0.2) is 39.9 Å². The van der Waals surface area contributed by atoms with Crippen molar-refractivity contribution in [1.29, 1.82) is 0 Å². The Kier molecular flexibility index (Phi) is 10.4. The van der Waals surface area contributed by atoms with Crippen LogP contribution in [0.5, 0.6) is 0 Å². The average molecular weight is 813 g/mol. The third-order valence-corrected chi connectivity index (χ3v) is 17.5. The first kappa shape index (κ1) is 42.1. The van der Waals surface area contributed by atoms with Gasteiger partial charge < -0.3 is 9.47 Å². The zero-order valence-corrected chi connectivity index (χ0v) is 37.0. The van der Waals surface area contributed by atoms with Crippen LogP contribution in [0, 0.1) is 57.2 Å². The molecule has 0 amide bonds. The fourth-order valence-electron chi connectivity index (χ4n) is 13.8. The molecule has 0 radical (unpaired) electrons. The molecule has 0 bridgehead atoms. The fourth-order valence-corrected chi connectivity index (χ4v) is 13.8. The lowest BCUT2D eigenvalue weighted by Gasteiger charge is -2.70. The van der Waals surface area contributed by atoms with Gasteiger partial charge in [-0.3, -0.25) is 23.9 Å². The molecule has 60 heavy (non-hydrogen) atoms. The summed E-state index contributed by atoms with van der Waals surface area (Å²) >= 11 is 0. The highest BCUT2D eigenvalue weighted by atomic mass is 16.5. The minimum absolute atomic E-state index is 0.0418. The number of ketones is 2. The minimum atomic E-state index is -1.01. The molecule has 8 nitrogen and oxygen atoms in total. The summed E-state index contributed by atoms with van der Waals surface area (Å²) in [5.74, 6) is -0.883. The van der Waals surface area contributed by atoms with Gasteiger partial charge in [0.15, 0.2) is 17.7 Å². The Hall–Kier alpha value is -4.59. The number of aromatic nitrogens is 2. The molecular weight excluding hydrogens is 749 g/mol. The van der Waals surface area contributed by atoms with Gasteiger partial charge >= 0.3 is 11.9 Å². The highest BCUT2D eigenvalue weighted by Gasteiger charge is 2.72. The summed E-state index contributed by atoms with van der Waals surface area (Å²) in [5, 5.41) is 4.77. The number of rotatable bonds is 9. The zero-order chi connectivity index (χ0) is 43.0. The molecule has 0 saturated heterocycles. The van der Waals surface area contributed by atoms with Crippen LogP contribution < -0.4 is 0 Å². The molecular formula is C52H64N2O6. The van der Waals surface area contributed by atoms with Crippen LogP contribution in [0.1, 0.15) is 146 Å². The van der Waals surface area contributed by atoms with Gasteiger partial charge in [0, 0.05) is 18.5 Å². The Morgan fingerprint density at radius 2 is 1.50 bits per heavy atom.